The molecule has 0 bridgehead atoms. The number of benzene rings is 1. The van der Waals surface area contributed by atoms with E-state index in [0.29, 0.717) is 24.3 Å². The molecule has 0 heterocycles. The zero-order valence-electron chi connectivity index (χ0n) is 8.14. The second-order valence-corrected chi connectivity index (χ2v) is 2.85. The summed E-state index contributed by atoms with van der Waals surface area (Å²) in [4.78, 5) is 2.63. The Balaban J connectivity index is 2.64. The maximum atomic E-state index is 8.03. The molecule has 0 spiro atoms. The van der Waals surface area contributed by atoms with Crippen molar-refractivity contribution in [2.45, 2.75) is 6.42 Å². The van der Waals surface area contributed by atoms with Crippen LogP contribution in [0.3, 0.4) is 0 Å². The van der Waals surface area contributed by atoms with Gasteiger partial charge in [-0.25, -0.2) is 0 Å². The van der Waals surface area contributed by atoms with Gasteiger partial charge >= 0.3 is 0 Å². The third-order valence-corrected chi connectivity index (χ3v) is 1.72. The second-order valence-electron chi connectivity index (χ2n) is 2.85. The van der Waals surface area contributed by atoms with Crippen LogP contribution >= 0.6 is 0 Å². The maximum absolute atomic E-state index is 8.03. The van der Waals surface area contributed by atoms with E-state index < -0.39 is 0 Å². The van der Waals surface area contributed by atoms with Gasteiger partial charge in [0, 0.05) is 23.4 Å². The standard InChI is InChI=1S/C10H11N5/c11-9-5-4-8(7-10(9)12)3-1-2-6-14-15-13/h4-5,7H,2,6,11-12H2. The quantitative estimate of drug-likeness (QED) is 0.191. The van der Waals surface area contributed by atoms with Crippen molar-refractivity contribution in [3.05, 3.63) is 34.2 Å². The number of nitrogen functional groups attached to an aromatic ring is 2. The summed E-state index contributed by atoms with van der Waals surface area (Å²) >= 11 is 0. The van der Waals surface area contributed by atoms with Gasteiger partial charge in [0.2, 0.25) is 0 Å². The fourth-order valence-electron chi connectivity index (χ4n) is 0.968. The fourth-order valence-corrected chi connectivity index (χ4v) is 0.968. The molecule has 4 N–H and O–H groups in total. The molecule has 0 aliphatic rings. The number of nitrogens with two attached hydrogens (primary N) is 2. The minimum Gasteiger partial charge on any atom is -0.397 e. The van der Waals surface area contributed by atoms with E-state index in [4.69, 9.17) is 17.0 Å². The monoisotopic (exact) mass is 201 g/mol. The van der Waals surface area contributed by atoms with E-state index in [1.807, 2.05) is 0 Å². The molecule has 0 radical (unpaired) electrons. The Morgan fingerprint density at radius 2 is 2.13 bits per heavy atom. The normalized spacial score (nSPS) is 8.53. The number of hydrogen-bond acceptors (Lipinski definition) is 3. The Bertz CT molecular complexity index is 449. The topological polar surface area (TPSA) is 101 Å². The van der Waals surface area contributed by atoms with E-state index in [1.165, 1.54) is 0 Å². The van der Waals surface area contributed by atoms with E-state index in [0.717, 1.165) is 5.56 Å². The van der Waals surface area contributed by atoms with Gasteiger partial charge in [0.25, 0.3) is 0 Å². The van der Waals surface area contributed by atoms with Crippen LogP contribution in [0.25, 0.3) is 10.4 Å². The smallest absolute Gasteiger partial charge is 0.0560 e. The SMILES string of the molecule is [N-]=[N+]=NCCC#Cc1ccc(N)c(N)c1. The van der Waals surface area contributed by atoms with Gasteiger partial charge in [-0.1, -0.05) is 17.0 Å². The van der Waals surface area contributed by atoms with Crippen molar-refractivity contribution in [3.63, 3.8) is 0 Å². The minimum atomic E-state index is 0.383. The van der Waals surface area contributed by atoms with Crippen LogP contribution in [0.2, 0.25) is 0 Å². The van der Waals surface area contributed by atoms with Crippen molar-refractivity contribution in [1.29, 1.82) is 0 Å². The Morgan fingerprint density at radius 1 is 1.33 bits per heavy atom. The first-order valence-electron chi connectivity index (χ1n) is 4.39. The molecule has 5 nitrogen and oxygen atoms in total. The third kappa shape index (κ3) is 3.51. The third-order valence-electron chi connectivity index (χ3n) is 1.72. The number of azide groups is 1. The van der Waals surface area contributed by atoms with Gasteiger partial charge in [0.1, 0.15) is 0 Å². The molecule has 0 amide bonds. The highest BCUT2D eigenvalue weighted by molar-refractivity contribution is 5.65. The van der Waals surface area contributed by atoms with Crippen molar-refractivity contribution in [1.82, 2.24) is 0 Å². The van der Waals surface area contributed by atoms with Crippen LogP contribution in [0.15, 0.2) is 23.3 Å². The summed E-state index contributed by atoms with van der Waals surface area (Å²) in [6, 6.07) is 5.23. The maximum Gasteiger partial charge on any atom is 0.0560 e. The van der Waals surface area contributed by atoms with Crippen LogP contribution in [0.1, 0.15) is 12.0 Å². The lowest BCUT2D eigenvalue weighted by atomic mass is 10.2. The lowest BCUT2D eigenvalue weighted by Gasteiger charge is -1.98. The predicted octanol–water partition coefficient (Wildman–Crippen LogP) is 1.90. The van der Waals surface area contributed by atoms with Gasteiger partial charge in [-0.2, -0.15) is 0 Å². The summed E-state index contributed by atoms with van der Waals surface area (Å²) in [7, 11) is 0. The van der Waals surface area contributed by atoms with E-state index in [9.17, 15) is 0 Å². The number of nitrogens with zero attached hydrogens (tertiary/aromatic N) is 3. The van der Waals surface area contributed by atoms with Crippen LogP contribution < -0.4 is 11.5 Å². The van der Waals surface area contributed by atoms with E-state index >= 15 is 0 Å². The highest BCUT2D eigenvalue weighted by Crippen LogP contribution is 2.14. The lowest BCUT2D eigenvalue weighted by Crippen LogP contribution is -1.94. The summed E-state index contributed by atoms with van der Waals surface area (Å²) in [5, 5.41) is 3.37. The van der Waals surface area contributed by atoms with Gasteiger partial charge in [0.05, 0.1) is 11.4 Å². The molecule has 0 saturated heterocycles. The molecular formula is C10H11N5. The molecule has 1 aromatic carbocycles. The first-order chi connectivity index (χ1) is 7.24. The van der Waals surface area contributed by atoms with Gasteiger partial charge in [-0.05, 0) is 23.7 Å². The summed E-state index contributed by atoms with van der Waals surface area (Å²) in [5.41, 5.74) is 21.1. The van der Waals surface area contributed by atoms with E-state index in [1.54, 1.807) is 18.2 Å². The number of anilines is 2. The highest BCUT2D eigenvalue weighted by atomic mass is 15.1. The molecule has 1 aromatic rings. The molecule has 0 atom stereocenters. The summed E-state index contributed by atoms with van der Waals surface area (Å²) < 4.78 is 0. The van der Waals surface area contributed by atoms with Crippen LogP contribution in [-0.4, -0.2) is 6.54 Å². The van der Waals surface area contributed by atoms with Crippen LogP contribution in [0.5, 0.6) is 0 Å². The Labute approximate surface area is 87.7 Å². The predicted molar refractivity (Wildman–Crippen MR) is 60.8 cm³/mol. The average Bonchev–Trinajstić information content (AvgIpc) is 2.23. The molecule has 0 aromatic heterocycles. The van der Waals surface area contributed by atoms with E-state index in [2.05, 4.69) is 21.9 Å². The average molecular weight is 201 g/mol. The van der Waals surface area contributed by atoms with Gasteiger partial charge in [-0.3, -0.25) is 0 Å². The van der Waals surface area contributed by atoms with Crippen LogP contribution in [0, 0.1) is 11.8 Å². The van der Waals surface area contributed by atoms with Crippen LogP contribution in [-0.2, 0) is 0 Å². The number of rotatable bonds is 2. The van der Waals surface area contributed by atoms with Gasteiger partial charge in [0.15, 0.2) is 0 Å². The Morgan fingerprint density at radius 3 is 2.80 bits per heavy atom. The molecule has 15 heavy (non-hydrogen) atoms. The Hall–Kier alpha value is -2.31. The molecule has 0 fully saturated rings. The minimum absolute atomic E-state index is 0.383. The second kappa shape index (κ2) is 5.43. The van der Waals surface area contributed by atoms with Crippen molar-refractivity contribution >= 4 is 11.4 Å². The highest BCUT2D eigenvalue weighted by Gasteiger charge is 1.93. The largest absolute Gasteiger partial charge is 0.397 e. The molecule has 0 aliphatic carbocycles. The molecule has 1 rings (SSSR count). The van der Waals surface area contributed by atoms with Crippen molar-refractivity contribution < 1.29 is 0 Å². The first-order valence-corrected chi connectivity index (χ1v) is 4.39. The zero-order chi connectivity index (χ0) is 11.1. The Kier molecular flexibility index (Phi) is 3.90. The van der Waals surface area contributed by atoms with Crippen molar-refractivity contribution in [3.8, 4) is 11.8 Å². The molecule has 0 saturated carbocycles. The first kappa shape index (κ1) is 10.8. The van der Waals surface area contributed by atoms with E-state index in [-0.39, 0.29) is 0 Å². The summed E-state index contributed by atoms with van der Waals surface area (Å²) in [6.07, 6.45) is 0.536. The molecular weight excluding hydrogens is 190 g/mol. The van der Waals surface area contributed by atoms with Crippen molar-refractivity contribution in [2.24, 2.45) is 5.11 Å². The van der Waals surface area contributed by atoms with Crippen molar-refractivity contribution in [2.75, 3.05) is 18.0 Å². The molecule has 0 unspecified atom stereocenters. The zero-order valence-corrected chi connectivity index (χ0v) is 8.14. The fraction of sp³-hybridized carbons (Fsp3) is 0.200. The van der Waals surface area contributed by atoms with Gasteiger partial charge < -0.3 is 11.5 Å². The molecule has 0 aliphatic heterocycles. The van der Waals surface area contributed by atoms with Crippen LogP contribution in [0.4, 0.5) is 11.4 Å². The molecule has 5 heteroatoms. The van der Waals surface area contributed by atoms with Gasteiger partial charge in [-0.15, -0.1) is 0 Å². The lowest BCUT2D eigenvalue weighted by molar-refractivity contribution is 1.01. The molecule has 76 valence electrons. The summed E-state index contributed by atoms with van der Waals surface area (Å²) in [5.74, 6) is 5.77. The number of hydrogen-bond donors (Lipinski definition) is 2. The summed E-state index contributed by atoms with van der Waals surface area (Å²) in [6.45, 7) is 0.383.